The lowest BCUT2D eigenvalue weighted by atomic mass is 10.00. The lowest BCUT2D eigenvalue weighted by Crippen LogP contribution is -2.23. The Morgan fingerprint density at radius 3 is 2.65 bits per heavy atom. The molecule has 0 heterocycles. The molecule has 0 aliphatic carbocycles. The topological polar surface area (TPSA) is 21.3 Å². The van der Waals surface area contributed by atoms with Gasteiger partial charge in [0.25, 0.3) is 0 Å². The fraction of sp³-hybridized carbons (Fsp3) is 0.467. The average molecular weight is 233 g/mol. The highest BCUT2D eigenvalue weighted by Gasteiger charge is 2.15. The second kappa shape index (κ2) is 7.13. The number of nitrogens with one attached hydrogen (secondary N) is 1. The minimum atomic E-state index is 0.178. The van der Waals surface area contributed by atoms with E-state index in [2.05, 4.69) is 31.8 Å². The van der Waals surface area contributed by atoms with Crippen molar-refractivity contribution in [3.8, 4) is 5.75 Å². The molecule has 0 radical (unpaired) electrons. The van der Waals surface area contributed by atoms with Gasteiger partial charge in [0, 0.05) is 5.56 Å². The largest absolute Gasteiger partial charge is 0.494 e. The van der Waals surface area contributed by atoms with Crippen LogP contribution in [0, 0.1) is 0 Å². The minimum absolute atomic E-state index is 0.178. The molecule has 0 saturated heterocycles. The van der Waals surface area contributed by atoms with Gasteiger partial charge in [0.2, 0.25) is 0 Å². The third-order valence-electron chi connectivity index (χ3n) is 2.62. The Labute approximate surface area is 105 Å². The molecule has 0 amide bonds. The molecule has 0 saturated carbocycles. The molecule has 0 aromatic heterocycles. The van der Waals surface area contributed by atoms with Crippen molar-refractivity contribution in [3.05, 3.63) is 42.0 Å². The Morgan fingerprint density at radius 2 is 2.06 bits per heavy atom. The molecule has 1 aromatic rings. The van der Waals surface area contributed by atoms with Crippen LogP contribution >= 0.6 is 0 Å². The summed E-state index contributed by atoms with van der Waals surface area (Å²) in [6.07, 6.45) is 1.11. The number of benzene rings is 1. The molecule has 1 N–H and O–H groups in total. The van der Waals surface area contributed by atoms with Crippen molar-refractivity contribution < 1.29 is 4.74 Å². The molecule has 0 bridgehead atoms. The zero-order chi connectivity index (χ0) is 12.7. The monoisotopic (exact) mass is 233 g/mol. The summed E-state index contributed by atoms with van der Waals surface area (Å²) in [5.41, 5.74) is 2.29. The van der Waals surface area contributed by atoms with Gasteiger partial charge in [-0.25, -0.2) is 0 Å². The van der Waals surface area contributed by atoms with E-state index in [1.54, 1.807) is 0 Å². The summed E-state index contributed by atoms with van der Waals surface area (Å²) >= 11 is 0. The van der Waals surface area contributed by atoms with Crippen molar-refractivity contribution in [2.75, 3.05) is 13.2 Å². The van der Waals surface area contributed by atoms with Crippen molar-refractivity contribution in [2.24, 2.45) is 0 Å². The third kappa shape index (κ3) is 3.90. The fourth-order valence-electron chi connectivity index (χ4n) is 1.84. The van der Waals surface area contributed by atoms with Gasteiger partial charge in [-0.15, -0.1) is 0 Å². The highest BCUT2D eigenvalue weighted by atomic mass is 16.5. The van der Waals surface area contributed by atoms with E-state index in [1.807, 2.05) is 25.1 Å². The van der Waals surface area contributed by atoms with E-state index < -0.39 is 0 Å². The molecular formula is C15H23NO. The Morgan fingerprint density at radius 1 is 1.35 bits per heavy atom. The van der Waals surface area contributed by atoms with Gasteiger partial charge in [-0.3, -0.25) is 0 Å². The van der Waals surface area contributed by atoms with Crippen LogP contribution in [-0.2, 0) is 0 Å². The molecular weight excluding hydrogens is 210 g/mol. The molecule has 17 heavy (non-hydrogen) atoms. The molecule has 2 heteroatoms. The first kappa shape index (κ1) is 13.8. The van der Waals surface area contributed by atoms with Gasteiger partial charge in [-0.2, -0.15) is 0 Å². The van der Waals surface area contributed by atoms with Crippen LogP contribution in [-0.4, -0.2) is 13.2 Å². The Kier molecular flexibility index (Phi) is 5.78. The Bertz CT molecular complexity index is 360. The van der Waals surface area contributed by atoms with Crippen LogP contribution in [0.4, 0.5) is 0 Å². The van der Waals surface area contributed by atoms with Crippen molar-refractivity contribution in [1.82, 2.24) is 5.32 Å². The van der Waals surface area contributed by atoms with Crippen LogP contribution in [0.2, 0.25) is 0 Å². The van der Waals surface area contributed by atoms with Crippen molar-refractivity contribution in [2.45, 2.75) is 33.2 Å². The molecule has 94 valence electrons. The zero-order valence-corrected chi connectivity index (χ0v) is 11.1. The fourth-order valence-corrected chi connectivity index (χ4v) is 1.84. The average Bonchev–Trinajstić information content (AvgIpc) is 2.31. The van der Waals surface area contributed by atoms with E-state index in [0.717, 1.165) is 24.3 Å². The maximum absolute atomic E-state index is 5.67. The normalized spacial score (nSPS) is 12.2. The van der Waals surface area contributed by atoms with Gasteiger partial charge >= 0.3 is 0 Å². The van der Waals surface area contributed by atoms with Gasteiger partial charge in [0.1, 0.15) is 5.75 Å². The highest BCUT2D eigenvalue weighted by Crippen LogP contribution is 2.29. The number of ether oxygens (including phenoxy) is 1. The second-order valence-corrected chi connectivity index (χ2v) is 4.20. The molecule has 1 rings (SSSR count). The molecule has 1 atom stereocenters. The highest BCUT2D eigenvalue weighted by molar-refractivity contribution is 5.39. The van der Waals surface area contributed by atoms with Crippen LogP contribution in [0.15, 0.2) is 36.4 Å². The standard InChI is InChI=1S/C15H23NO/c1-5-11-16-15(12(3)4)13-9-7-8-10-14(13)17-6-2/h7-10,15-16H,3,5-6,11H2,1-2,4H3. The van der Waals surface area contributed by atoms with E-state index in [0.29, 0.717) is 6.61 Å². The van der Waals surface area contributed by atoms with E-state index >= 15 is 0 Å². The van der Waals surface area contributed by atoms with Crippen molar-refractivity contribution in [1.29, 1.82) is 0 Å². The molecule has 0 fully saturated rings. The van der Waals surface area contributed by atoms with Gasteiger partial charge in [-0.1, -0.05) is 37.3 Å². The summed E-state index contributed by atoms with van der Waals surface area (Å²) in [4.78, 5) is 0. The summed E-state index contributed by atoms with van der Waals surface area (Å²) < 4.78 is 5.67. The summed E-state index contributed by atoms with van der Waals surface area (Å²) in [5, 5.41) is 3.50. The van der Waals surface area contributed by atoms with E-state index in [9.17, 15) is 0 Å². The molecule has 0 aliphatic heterocycles. The predicted octanol–water partition coefficient (Wildman–Crippen LogP) is 3.70. The molecule has 0 aliphatic rings. The van der Waals surface area contributed by atoms with E-state index in [-0.39, 0.29) is 6.04 Å². The summed E-state index contributed by atoms with van der Waals surface area (Å²) in [7, 11) is 0. The van der Waals surface area contributed by atoms with E-state index in [1.165, 1.54) is 5.56 Å². The Hall–Kier alpha value is -1.28. The zero-order valence-electron chi connectivity index (χ0n) is 11.1. The first-order chi connectivity index (χ1) is 8.20. The quantitative estimate of drug-likeness (QED) is 0.725. The van der Waals surface area contributed by atoms with Crippen LogP contribution in [0.1, 0.15) is 38.8 Å². The summed E-state index contributed by atoms with van der Waals surface area (Å²) in [6, 6.07) is 8.35. The molecule has 1 unspecified atom stereocenters. The molecule has 1 aromatic carbocycles. The third-order valence-corrected chi connectivity index (χ3v) is 2.62. The maximum atomic E-state index is 5.67. The van der Waals surface area contributed by atoms with Gasteiger partial charge in [0.15, 0.2) is 0 Å². The SMILES string of the molecule is C=C(C)C(NCCC)c1ccccc1OCC. The maximum Gasteiger partial charge on any atom is 0.124 e. The van der Waals surface area contributed by atoms with Crippen molar-refractivity contribution in [3.63, 3.8) is 0 Å². The summed E-state index contributed by atoms with van der Waals surface area (Å²) in [5.74, 6) is 0.951. The van der Waals surface area contributed by atoms with E-state index in [4.69, 9.17) is 4.74 Å². The first-order valence-corrected chi connectivity index (χ1v) is 6.31. The van der Waals surface area contributed by atoms with Gasteiger partial charge in [-0.05, 0) is 32.9 Å². The Balaban J connectivity index is 2.95. The number of rotatable bonds is 7. The molecule has 2 nitrogen and oxygen atoms in total. The van der Waals surface area contributed by atoms with Crippen LogP contribution in [0.25, 0.3) is 0 Å². The number of hydrogen-bond donors (Lipinski definition) is 1. The van der Waals surface area contributed by atoms with Crippen LogP contribution in [0.3, 0.4) is 0 Å². The summed E-state index contributed by atoms with van der Waals surface area (Å²) in [6.45, 7) is 12.0. The first-order valence-electron chi connectivity index (χ1n) is 6.31. The number of hydrogen-bond acceptors (Lipinski definition) is 2. The smallest absolute Gasteiger partial charge is 0.124 e. The van der Waals surface area contributed by atoms with Gasteiger partial charge < -0.3 is 10.1 Å². The lowest BCUT2D eigenvalue weighted by molar-refractivity contribution is 0.333. The minimum Gasteiger partial charge on any atom is -0.494 e. The number of para-hydroxylation sites is 1. The molecule has 0 spiro atoms. The van der Waals surface area contributed by atoms with Crippen molar-refractivity contribution >= 4 is 0 Å². The van der Waals surface area contributed by atoms with Gasteiger partial charge in [0.05, 0.1) is 12.6 Å². The second-order valence-electron chi connectivity index (χ2n) is 4.20. The van der Waals surface area contributed by atoms with Crippen LogP contribution < -0.4 is 10.1 Å². The lowest BCUT2D eigenvalue weighted by Gasteiger charge is -2.21. The predicted molar refractivity (Wildman–Crippen MR) is 73.5 cm³/mol. The van der Waals surface area contributed by atoms with Crippen LogP contribution in [0.5, 0.6) is 5.75 Å².